The molecule has 29 heavy (non-hydrogen) atoms. The molecule has 2 aromatic rings. The Morgan fingerprint density at radius 1 is 1.48 bits per heavy atom. The minimum absolute atomic E-state index is 0.00557. The lowest BCUT2D eigenvalue weighted by molar-refractivity contribution is 0.212. The first-order valence-corrected chi connectivity index (χ1v) is 9.88. The summed E-state index contributed by atoms with van der Waals surface area (Å²) in [5.74, 6) is 0.127. The van der Waals surface area contributed by atoms with Gasteiger partial charge in [0.2, 0.25) is 11.7 Å². The second kappa shape index (κ2) is 9.05. The van der Waals surface area contributed by atoms with Gasteiger partial charge in [-0.05, 0) is 49.9 Å². The van der Waals surface area contributed by atoms with Crippen LogP contribution in [0.2, 0.25) is 0 Å². The number of hydrogen-bond acceptors (Lipinski definition) is 6. The van der Waals surface area contributed by atoms with Crippen molar-refractivity contribution in [2.45, 2.75) is 51.8 Å². The van der Waals surface area contributed by atoms with E-state index in [-0.39, 0.29) is 30.0 Å². The van der Waals surface area contributed by atoms with E-state index in [1.54, 1.807) is 0 Å². The van der Waals surface area contributed by atoms with Crippen molar-refractivity contribution in [1.29, 1.82) is 5.26 Å². The van der Waals surface area contributed by atoms with Crippen molar-refractivity contribution in [3.05, 3.63) is 51.7 Å². The highest BCUT2D eigenvalue weighted by molar-refractivity contribution is 5.41. The largest absolute Gasteiger partial charge is 0.484 e. The van der Waals surface area contributed by atoms with Gasteiger partial charge in [-0.1, -0.05) is 6.92 Å². The number of nitrogens with two attached hydrogens (primary N) is 1. The molecule has 1 aromatic carbocycles. The smallest absolute Gasteiger partial charge is 0.297 e. The highest BCUT2D eigenvalue weighted by atomic mass is 19.1. The summed E-state index contributed by atoms with van der Waals surface area (Å²) in [5, 5.41) is 9.39. The average molecular weight is 399 g/mol. The molecule has 0 spiro atoms. The monoisotopic (exact) mass is 399 g/mol. The predicted octanol–water partition coefficient (Wildman–Crippen LogP) is 2.41. The molecule has 1 aromatic heterocycles. The zero-order chi connectivity index (χ0) is 21.0. The fourth-order valence-corrected chi connectivity index (χ4v) is 3.41. The molecule has 7 nitrogen and oxygen atoms in total. The van der Waals surface area contributed by atoms with E-state index in [1.807, 2.05) is 18.7 Å². The molecule has 0 bridgehead atoms. The summed E-state index contributed by atoms with van der Waals surface area (Å²) in [6.07, 6.45) is 3.85. The zero-order valence-electron chi connectivity index (χ0n) is 16.8. The lowest BCUT2D eigenvalue weighted by Crippen LogP contribution is -2.45. The number of rotatable bonds is 6. The first-order valence-electron chi connectivity index (χ1n) is 9.88. The Kier molecular flexibility index (Phi) is 6.49. The minimum Gasteiger partial charge on any atom is -0.484 e. The van der Waals surface area contributed by atoms with Gasteiger partial charge in [-0.3, -0.25) is 9.36 Å². The van der Waals surface area contributed by atoms with Gasteiger partial charge in [0.25, 0.3) is 5.56 Å². The van der Waals surface area contributed by atoms with Crippen LogP contribution in [0.3, 0.4) is 0 Å². The van der Waals surface area contributed by atoms with E-state index in [2.05, 4.69) is 11.1 Å². The van der Waals surface area contributed by atoms with Crippen LogP contribution in [-0.4, -0.2) is 34.8 Å². The van der Waals surface area contributed by atoms with E-state index in [0.717, 1.165) is 25.8 Å². The molecule has 0 amide bonds. The molecular formula is C21H26FN5O2. The van der Waals surface area contributed by atoms with E-state index in [0.29, 0.717) is 23.6 Å². The molecule has 1 saturated heterocycles. The number of nitrogens with zero attached hydrogens (tertiary/aromatic N) is 4. The summed E-state index contributed by atoms with van der Waals surface area (Å²) in [5.41, 5.74) is 6.48. The highest BCUT2D eigenvalue weighted by Crippen LogP contribution is 2.21. The number of anilines is 1. The van der Waals surface area contributed by atoms with Crippen LogP contribution >= 0.6 is 0 Å². The second-order valence-electron chi connectivity index (χ2n) is 7.41. The summed E-state index contributed by atoms with van der Waals surface area (Å²) in [7, 11) is 0. The van der Waals surface area contributed by atoms with Crippen LogP contribution in [0.25, 0.3) is 0 Å². The quantitative estimate of drug-likeness (QED) is 0.801. The highest BCUT2D eigenvalue weighted by Gasteiger charge is 2.23. The topological polar surface area (TPSA) is 97.2 Å². The molecule has 0 radical (unpaired) electrons. The Labute approximate surface area is 169 Å². The number of aromatic nitrogens is 2. The molecule has 2 atom stereocenters. The van der Waals surface area contributed by atoms with E-state index < -0.39 is 5.82 Å². The maximum Gasteiger partial charge on any atom is 0.297 e. The van der Waals surface area contributed by atoms with Crippen molar-refractivity contribution < 1.29 is 9.13 Å². The van der Waals surface area contributed by atoms with Crippen LogP contribution < -0.4 is 20.9 Å². The van der Waals surface area contributed by atoms with Crippen molar-refractivity contribution in [3.63, 3.8) is 0 Å². The van der Waals surface area contributed by atoms with E-state index in [1.165, 1.54) is 29.0 Å². The van der Waals surface area contributed by atoms with Gasteiger partial charge in [0.1, 0.15) is 5.82 Å². The second-order valence-corrected chi connectivity index (χ2v) is 7.41. The summed E-state index contributed by atoms with van der Waals surface area (Å²) in [6, 6.07) is 5.98. The maximum absolute atomic E-state index is 13.8. The number of hydrogen-bond donors (Lipinski definition) is 1. The summed E-state index contributed by atoms with van der Waals surface area (Å²) >= 11 is 0. The van der Waals surface area contributed by atoms with Crippen molar-refractivity contribution in [3.8, 4) is 11.8 Å². The maximum atomic E-state index is 13.8. The number of halogens is 1. The Hall–Kier alpha value is -2.92. The van der Waals surface area contributed by atoms with Gasteiger partial charge in [0, 0.05) is 19.1 Å². The van der Waals surface area contributed by atoms with Crippen molar-refractivity contribution in [1.82, 2.24) is 9.55 Å². The third kappa shape index (κ3) is 4.74. The van der Waals surface area contributed by atoms with Gasteiger partial charge in [-0.15, -0.1) is 0 Å². The molecule has 154 valence electrons. The third-order valence-electron chi connectivity index (χ3n) is 5.15. The Bertz CT molecular complexity index is 969. The fourth-order valence-electron chi connectivity index (χ4n) is 3.41. The molecule has 8 heteroatoms. The molecule has 0 aliphatic carbocycles. The number of nitriles is 1. The van der Waals surface area contributed by atoms with Crippen molar-refractivity contribution in [2.24, 2.45) is 5.73 Å². The normalized spacial score (nSPS) is 17.6. The molecule has 2 N–H and O–H groups in total. The minimum atomic E-state index is -0.464. The molecule has 0 saturated carbocycles. The standard InChI is InChI=1S/C21H26FN5O2/c1-3-14(2)29-19-11-25-21(26-8-4-5-18(24)13-26)27(20(19)28)12-16-9-17(22)7-6-15(16)10-23/h6-7,9,11,14,18H,3-5,8,12-13,24H2,1-2H3/t14?,18-/m0/s1. The van der Waals surface area contributed by atoms with Crippen LogP contribution in [0, 0.1) is 17.1 Å². The lowest BCUT2D eigenvalue weighted by Gasteiger charge is -2.33. The van der Waals surface area contributed by atoms with E-state index in [4.69, 9.17) is 10.5 Å². The zero-order valence-corrected chi connectivity index (χ0v) is 16.8. The Morgan fingerprint density at radius 2 is 2.28 bits per heavy atom. The van der Waals surface area contributed by atoms with Crippen LogP contribution in [0.4, 0.5) is 10.3 Å². The molecule has 1 aliphatic rings. The third-order valence-corrected chi connectivity index (χ3v) is 5.15. The van der Waals surface area contributed by atoms with Crippen LogP contribution in [0.1, 0.15) is 44.2 Å². The first kappa shape index (κ1) is 20.8. The number of ether oxygens (including phenoxy) is 1. The lowest BCUT2D eigenvalue weighted by atomic mass is 10.1. The Balaban J connectivity index is 2.08. The predicted molar refractivity (Wildman–Crippen MR) is 109 cm³/mol. The summed E-state index contributed by atoms with van der Waals surface area (Å²) < 4.78 is 21.0. The van der Waals surface area contributed by atoms with Gasteiger partial charge < -0.3 is 15.4 Å². The number of piperidine rings is 1. The SMILES string of the molecule is CCC(C)Oc1cnc(N2CCC[C@H](N)C2)n(Cc2cc(F)ccc2C#N)c1=O. The van der Waals surface area contributed by atoms with Crippen molar-refractivity contribution in [2.75, 3.05) is 18.0 Å². The van der Waals surface area contributed by atoms with Crippen LogP contribution in [0.5, 0.6) is 5.75 Å². The van der Waals surface area contributed by atoms with Gasteiger partial charge in [-0.2, -0.15) is 5.26 Å². The number of benzene rings is 1. The van der Waals surface area contributed by atoms with Gasteiger partial charge in [-0.25, -0.2) is 9.37 Å². The molecule has 3 rings (SSSR count). The molecular weight excluding hydrogens is 373 g/mol. The van der Waals surface area contributed by atoms with E-state index >= 15 is 0 Å². The van der Waals surface area contributed by atoms with Gasteiger partial charge in [0.15, 0.2) is 0 Å². The van der Waals surface area contributed by atoms with Gasteiger partial charge >= 0.3 is 0 Å². The van der Waals surface area contributed by atoms with E-state index in [9.17, 15) is 14.4 Å². The molecule has 1 fully saturated rings. The fraction of sp³-hybridized carbons (Fsp3) is 0.476. The molecule has 2 heterocycles. The molecule has 1 unspecified atom stereocenters. The van der Waals surface area contributed by atoms with Crippen LogP contribution in [0.15, 0.2) is 29.2 Å². The molecule has 1 aliphatic heterocycles. The first-order chi connectivity index (χ1) is 13.9. The summed E-state index contributed by atoms with van der Waals surface area (Å²) in [4.78, 5) is 19.7. The van der Waals surface area contributed by atoms with Gasteiger partial charge in [0.05, 0.1) is 30.5 Å². The van der Waals surface area contributed by atoms with Crippen molar-refractivity contribution >= 4 is 5.95 Å². The Morgan fingerprint density at radius 3 is 2.97 bits per heavy atom. The summed E-state index contributed by atoms with van der Waals surface area (Å²) in [6.45, 7) is 5.16. The van der Waals surface area contributed by atoms with Crippen LogP contribution in [-0.2, 0) is 6.54 Å². The average Bonchev–Trinajstić information content (AvgIpc) is 2.71.